The summed E-state index contributed by atoms with van der Waals surface area (Å²) in [7, 11) is 2.23. The Labute approximate surface area is 147 Å². The molecule has 1 heterocycles. The lowest BCUT2D eigenvalue weighted by atomic mass is 9.71. The van der Waals surface area contributed by atoms with E-state index in [1.807, 2.05) is 0 Å². The molecule has 4 atom stereocenters. The van der Waals surface area contributed by atoms with Gasteiger partial charge in [-0.15, -0.1) is 0 Å². The van der Waals surface area contributed by atoms with E-state index in [0.29, 0.717) is 17.9 Å². The number of esters is 1. The van der Waals surface area contributed by atoms with Crippen LogP contribution in [0.4, 0.5) is 0 Å². The molecule has 0 spiro atoms. The molecule has 0 radical (unpaired) electrons. The Morgan fingerprint density at radius 3 is 2.42 bits per heavy atom. The summed E-state index contributed by atoms with van der Waals surface area (Å²) in [5.74, 6) is 1.30. The Morgan fingerprint density at radius 2 is 1.75 bits per heavy atom. The molecule has 1 saturated heterocycles. The molecule has 1 aliphatic heterocycles. The first-order valence-corrected chi connectivity index (χ1v) is 10.3. The van der Waals surface area contributed by atoms with E-state index in [-0.39, 0.29) is 18.0 Å². The molecule has 3 aliphatic rings. The second-order valence-corrected chi connectivity index (χ2v) is 8.25. The van der Waals surface area contributed by atoms with E-state index in [4.69, 9.17) is 4.74 Å². The molecule has 24 heavy (non-hydrogen) atoms. The number of hydrogen-bond donors (Lipinski definition) is 0. The fourth-order valence-electron chi connectivity index (χ4n) is 5.49. The first-order valence-electron chi connectivity index (χ1n) is 10.3. The fraction of sp³-hybridized carbons (Fsp3) is 0.950. The smallest absolute Gasteiger partial charge is 0.309 e. The lowest BCUT2D eigenvalue weighted by Gasteiger charge is -2.52. The third-order valence-electron chi connectivity index (χ3n) is 6.75. The highest BCUT2D eigenvalue weighted by Gasteiger charge is 2.47. The maximum Gasteiger partial charge on any atom is 0.309 e. The van der Waals surface area contributed by atoms with Gasteiger partial charge in [-0.3, -0.25) is 4.79 Å². The lowest BCUT2D eigenvalue weighted by molar-refractivity contribution is -0.173. The quantitative estimate of drug-likeness (QED) is 0.722. The predicted molar refractivity (Wildman–Crippen MR) is 96.9 cm³/mol. The van der Waals surface area contributed by atoms with E-state index < -0.39 is 0 Å². The summed E-state index contributed by atoms with van der Waals surface area (Å²) in [6, 6.07) is 0.572. The topological polar surface area (TPSA) is 32.8 Å². The zero-order valence-corrected chi connectivity index (χ0v) is 15.9. The average Bonchev–Trinajstić information content (AvgIpc) is 2.59. The molecule has 0 amide bonds. The summed E-state index contributed by atoms with van der Waals surface area (Å²) < 4.78 is 6.22. The van der Waals surface area contributed by atoms with Crippen molar-refractivity contribution in [3.8, 4) is 0 Å². The first-order chi connectivity index (χ1) is 11.6. The number of piperidine rings is 1. The number of fused-ring (bicyclic) bond motifs is 2. The highest BCUT2D eigenvalue weighted by atomic mass is 16.5. The minimum atomic E-state index is 0.111. The molecular weight excluding hydrogens is 300 g/mol. The molecule has 3 fully saturated rings. The summed E-state index contributed by atoms with van der Waals surface area (Å²) in [5.41, 5.74) is 0. The van der Waals surface area contributed by atoms with Crippen LogP contribution in [0.15, 0.2) is 0 Å². The fourth-order valence-corrected chi connectivity index (χ4v) is 5.49. The van der Waals surface area contributed by atoms with E-state index in [1.54, 1.807) is 0 Å². The van der Waals surface area contributed by atoms with Crippen molar-refractivity contribution in [2.24, 2.45) is 17.8 Å². The molecule has 2 saturated carbocycles. The molecular formula is C20H36N2O2. The molecule has 138 valence electrons. The molecule has 4 heteroatoms. The van der Waals surface area contributed by atoms with Crippen molar-refractivity contribution in [2.45, 2.75) is 70.9 Å². The van der Waals surface area contributed by atoms with Gasteiger partial charge in [0.15, 0.2) is 0 Å². The molecule has 4 nitrogen and oxygen atoms in total. The monoisotopic (exact) mass is 336 g/mol. The summed E-state index contributed by atoms with van der Waals surface area (Å²) in [6.45, 7) is 8.85. The lowest BCUT2D eigenvalue weighted by Crippen LogP contribution is -2.60. The number of ether oxygens (including phenoxy) is 1. The Morgan fingerprint density at radius 1 is 1.04 bits per heavy atom. The van der Waals surface area contributed by atoms with Gasteiger partial charge in [0.1, 0.15) is 6.10 Å². The summed E-state index contributed by atoms with van der Waals surface area (Å²) >= 11 is 0. The Bertz CT molecular complexity index is 418. The van der Waals surface area contributed by atoms with E-state index in [2.05, 4.69) is 30.7 Å². The molecule has 2 aliphatic carbocycles. The summed E-state index contributed by atoms with van der Waals surface area (Å²) in [6.07, 6.45) is 8.38. The van der Waals surface area contributed by atoms with Gasteiger partial charge in [-0.1, -0.05) is 33.1 Å². The van der Waals surface area contributed by atoms with Crippen molar-refractivity contribution in [3.05, 3.63) is 0 Å². The normalized spacial score (nSPS) is 35.2. The molecule has 0 aromatic heterocycles. The predicted octanol–water partition coefficient (Wildman–Crippen LogP) is 3.16. The van der Waals surface area contributed by atoms with Gasteiger partial charge in [-0.25, -0.2) is 0 Å². The van der Waals surface area contributed by atoms with Crippen molar-refractivity contribution in [1.29, 1.82) is 0 Å². The van der Waals surface area contributed by atoms with Gasteiger partial charge in [0.25, 0.3) is 0 Å². The van der Waals surface area contributed by atoms with Crippen LogP contribution in [0.2, 0.25) is 0 Å². The highest BCUT2D eigenvalue weighted by Crippen LogP contribution is 2.40. The number of carbonyl (C=O) groups excluding carboxylic acids is 1. The standard InChI is InChI=1S/C20H36N2O2/c1-4-22(5-2)18-12-11-16-13-21(3)14-17(18)19(16)24-20(23)15-9-7-6-8-10-15/h15-19H,4-14H2,1-3H3/t16?,17?,18-,19+/m0/s1. The van der Waals surface area contributed by atoms with Gasteiger partial charge in [0.05, 0.1) is 5.92 Å². The van der Waals surface area contributed by atoms with E-state index in [9.17, 15) is 4.79 Å². The molecule has 3 rings (SSSR count). The van der Waals surface area contributed by atoms with Crippen LogP contribution in [0.5, 0.6) is 0 Å². The molecule has 2 unspecified atom stereocenters. The van der Waals surface area contributed by atoms with Crippen LogP contribution in [0.25, 0.3) is 0 Å². The molecule has 0 N–H and O–H groups in total. The molecule has 0 aromatic carbocycles. The minimum absolute atomic E-state index is 0.111. The van der Waals surface area contributed by atoms with Crippen molar-refractivity contribution in [3.63, 3.8) is 0 Å². The largest absolute Gasteiger partial charge is 0.461 e. The summed E-state index contributed by atoms with van der Waals surface area (Å²) in [4.78, 5) is 17.8. The van der Waals surface area contributed by atoms with Gasteiger partial charge in [0, 0.05) is 31.0 Å². The maximum atomic E-state index is 12.7. The van der Waals surface area contributed by atoms with Crippen molar-refractivity contribution < 1.29 is 9.53 Å². The van der Waals surface area contributed by atoms with E-state index >= 15 is 0 Å². The van der Waals surface area contributed by atoms with E-state index in [0.717, 1.165) is 39.0 Å². The number of rotatable bonds is 5. The van der Waals surface area contributed by atoms with Crippen molar-refractivity contribution in [2.75, 3.05) is 33.2 Å². The van der Waals surface area contributed by atoms with Gasteiger partial charge >= 0.3 is 5.97 Å². The maximum absolute atomic E-state index is 12.7. The third-order valence-corrected chi connectivity index (χ3v) is 6.75. The highest BCUT2D eigenvalue weighted by molar-refractivity contribution is 5.72. The SMILES string of the molecule is CCN(CC)[C@H]1CCC2CN(C)CC1[C@@H]2OC(=O)C1CCCCC1. The number of hydrogen-bond acceptors (Lipinski definition) is 4. The number of nitrogens with zero attached hydrogens (tertiary/aromatic N) is 2. The van der Waals surface area contributed by atoms with Crippen LogP contribution in [0.1, 0.15) is 58.8 Å². The summed E-state index contributed by atoms with van der Waals surface area (Å²) in [5, 5.41) is 0. The van der Waals surface area contributed by atoms with Crippen molar-refractivity contribution in [1.82, 2.24) is 9.80 Å². The first kappa shape index (κ1) is 18.2. The Kier molecular flexibility index (Phi) is 6.20. The average molecular weight is 337 g/mol. The second-order valence-electron chi connectivity index (χ2n) is 8.25. The van der Waals surface area contributed by atoms with Crippen LogP contribution >= 0.6 is 0 Å². The van der Waals surface area contributed by atoms with Crippen molar-refractivity contribution >= 4 is 5.97 Å². The number of carbonyl (C=O) groups is 1. The Balaban J connectivity index is 1.71. The second kappa shape index (κ2) is 8.18. The van der Waals surface area contributed by atoms with Crippen LogP contribution in [0, 0.1) is 17.8 Å². The van der Waals surface area contributed by atoms with E-state index in [1.165, 1.54) is 32.1 Å². The van der Waals surface area contributed by atoms with Gasteiger partial charge in [-0.2, -0.15) is 0 Å². The number of likely N-dealkylation sites (tertiary alicyclic amines) is 1. The van der Waals surface area contributed by atoms with Gasteiger partial charge in [-0.05, 0) is 45.8 Å². The third kappa shape index (κ3) is 3.80. The van der Waals surface area contributed by atoms with Crippen LogP contribution in [0.3, 0.4) is 0 Å². The molecule has 0 aromatic rings. The Hall–Kier alpha value is -0.610. The van der Waals surface area contributed by atoms with Gasteiger partial charge in [0.2, 0.25) is 0 Å². The minimum Gasteiger partial charge on any atom is -0.461 e. The molecule has 2 bridgehead atoms. The van der Waals surface area contributed by atoms with Crippen LogP contribution < -0.4 is 0 Å². The zero-order chi connectivity index (χ0) is 17.1. The van der Waals surface area contributed by atoms with Crippen LogP contribution in [-0.4, -0.2) is 61.1 Å². The van der Waals surface area contributed by atoms with Crippen LogP contribution in [-0.2, 0) is 9.53 Å². The van der Waals surface area contributed by atoms with Gasteiger partial charge < -0.3 is 14.5 Å². The zero-order valence-electron chi connectivity index (χ0n) is 15.9.